The highest BCUT2D eigenvalue weighted by atomic mass is 35.5. The zero-order valence-electron chi connectivity index (χ0n) is 21.8. The summed E-state index contributed by atoms with van der Waals surface area (Å²) in [5.74, 6) is 0.449. The molecule has 2 aromatic heterocycles. The van der Waals surface area contributed by atoms with Crippen LogP contribution in [0.2, 0.25) is 5.02 Å². The Kier molecular flexibility index (Phi) is 6.73. The third kappa shape index (κ3) is 5.09. The number of halogens is 1. The summed E-state index contributed by atoms with van der Waals surface area (Å²) >= 11 is 6.28. The van der Waals surface area contributed by atoms with E-state index in [1.165, 1.54) is 7.11 Å². The number of nitrogens with zero attached hydrogens (tertiary/aromatic N) is 2. The number of benzene rings is 2. The van der Waals surface area contributed by atoms with Gasteiger partial charge in [0.1, 0.15) is 11.4 Å². The average molecular weight is 519 g/mol. The number of imidazole rings is 1. The number of esters is 1. The molecule has 0 fully saturated rings. The molecular formula is C30H31ClN2O4. The Labute approximate surface area is 222 Å². The third-order valence-electron chi connectivity index (χ3n) is 6.45. The van der Waals surface area contributed by atoms with Crippen LogP contribution in [-0.2, 0) is 20.7 Å². The number of carbonyl (C=O) groups excluding carboxylic acids is 1. The molecule has 0 saturated carbocycles. The van der Waals surface area contributed by atoms with Crippen LogP contribution in [0.5, 0.6) is 5.75 Å². The molecule has 0 radical (unpaired) electrons. The van der Waals surface area contributed by atoms with Gasteiger partial charge in [-0.15, -0.1) is 0 Å². The van der Waals surface area contributed by atoms with E-state index >= 15 is 0 Å². The van der Waals surface area contributed by atoms with Crippen molar-refractivity contribution in [1.29, 1.82) is 0 Å². The summed E-state index contributed by atoms with van der Waals surface area (Å²) in [7, 11) is 1.39. The fourth-order valence-electron chi connectivity index (χ4n) is 4.88. The Morgan fingerprint density at radius 2 is 1.95 bits per heavy atom. The molecule has 1 aliphatic rings. The van der Waals surface area contributed by atoms with Gasteiger partial charge in [0, 0.05) is 34.1 Å². The summed E-state index contributed by atoms with van der Waals surface area (Å²) in [6.45, 7) is 8.50. The molecule has 2 aromatic carbocycles. The molecule has 1 unspecified atom stereocenters. The molecule has 0 spiro atoms. The summed E-state index contributed by atoms with van der Waals surface area (Å²) < 4.78 is 19.4. The molecule has 5 rings (SSSR count). The van der Waals surface area contributed by atoms with Crippen LogP contribution in [0.3, 0.4) is 0 Å². The Morgan fingerprint density at radius 3 is 2.68 bits per heavy atom. The van der Waals surface area contributed by atoms with Crippen molar-refractivity contribution in [1.82, 2.24) is 9.38 Å². The lowest BCUT2D eigenvalue weighted by molar-refractivity contribution is -0.164. The van der Waals surface area contributed by atoms with E-state index in [1.807, 2.05) is 80.9 Å². The lowest BCUT2D eigenvalue weighted by atomic mass is 9.91. The normalized spacial score (nSPS) is 14.2. The van der Waals surface area contributed by atoms with Crippen LogP contribution in [0, 0.1) is 6.92 Å². The molecule has 3 heterocycles. The van der Waals surface area contributed by atoms with Crippen molar-refractivity contribution in [3.05, 3.63) is 76.6 Å². The van der Waals surface area contributed by atoms with Crippen molar-refractivity contribution in [2.24, 2.45) is 0 Å². The second-order valence-electron chi connectivity index (χ2n) is 10.4. The molecule has 1 atom stereocenters. The molecule has 0 aliphatic carbocycles. The van der Waals surface area contributed by atoms with Crippen LogP contribution in [0.15, 0.2) is 54.9 Å². The number of pyridine rings is 1. The van der Waals surface area contributed by atoms with Gasteiger partial charge >= 0.3 is 5.97 Å². The van der Waals surface area contributed by atoms with Gasteiger partial charge < -0.3 is 18.6 Å². The van der Waals surface area contributed by atoms with Crippen molar-refractivity contribution in [3.8, 4) is 28.1 Å². The lowest BCUT2D eigenvalue weighted by Gasteiger charge is -2.29. The van der Waals surface area contributed by atoms with E-state index in [-0.39, 0.29) is 0 Å². The minimum Gasteiger partial charge on any atom is -0.493 e. The zero-order valence-corrected chi connectivity index (χ0v) is 22.6. The van der Waals surface area contributed by atoms with Crippen molar-refractivity contribution in [3.63, 3.8) is 0 Å². The molecule has 0 amide bonds. The van der Waals surface area contributed by atoms with E-state index in [2.05, 4.69) is 6.07 Å². The first-order valence-corrected chi connectivity index (χ1v) is 12.8. The Hall–Kier alpha value is -3.35. The van der Waals surface area contributed by atoms with Crippen LogP contribution >= 0.6 is 11.6 Å². The maximum Gasteiger partial charge on any atom is 0.339 e. The Bertz CT molecular complexity index is 1490. The van der Waals surface area contributed by atoms with Gasteiger partial charge in [-0.2, -0.15) is 0 Å². The van der Waals surface area contributed by atoms with Crippen LogP contribution < -0.4 is 4.74 Å². The number of aryl methyl sites for hydroxylation is 2. The second kappa shape index (κ2) is 9.84. The third-order valence-corrected chi connectivity index (χ3v) is 6.68. The fourth-order valence-corrected chi connectivity index (χ4v) is 5.07. The van der Waals surface area contributed by atoms with Crippen molar-refractivity contribution in [2.45, 2.75) is 52.2 Å². The Balaban J connectivity index is 1.80. The number of aromatic nitrogens is 2. The highest BCUT2D eigenvalue weighted by molar-refractivity contribution is 6.30. The van der Waals surface area contributed by atoms with Gasteiger partial charge in [0.15, 0.2) is 6.10 Å². The number of carbonyl (C=O) groups is 1. The van der Waals surface area contributed by atoms with Gasteiger partial charge in [0.05, 0.1) is 25.0 Å². The van der Waals surface area contributed by atoms with E-state index in [0.717, 1.165) is 69.9 Å². The monoisotopic (exact) mass is 518 g/mol. The zero-order chi connectivity index (χ0) is 26.3. The van der Waals surface area contributed by atoms with E-state index < -0.39 is 17.7 Å². The molecule has 1 aliphatic heterocycles. The SMILES string of the molecule is COC(=O)C(OC(C)(C)C)c1c(C)cn2cc(-c3cccc(Cl)c3)nc2c1-c1ccc2c(c1)CCCO2. The van der Waals surface area contributed by atoms with Gasteiger partial charge in [0.25, 0.3) is 0 Å². The highest BCUT2D eigenvalue weighted by Crippen LogP contribution is 2.41. The van der Waals surface area contributed by atoms with E-state index in [0.29, 0.717) is 5.02 Å². The first-order chi connectivity index (χ1) is 17.6. The van der Waals surface area contributed by atoms with Gasteiger partial charge in [-0.25, -0.2) is 9.78 Å². The van der Waals surface area contributed by atoms with Gasteiger partial charge in [-0.05, 0) is 81.5 Å². The summed E-state index contributed by atoms with van der Waals surface area (Å²) in [5.41, 5.74) is 6.40. The second-order valence-corrected chi connectivity index (χ2v) is 10.8. The minimum absolute atomic E-state index is 0.452. The molecule has 7 heteroatoms. The number of methoxy groups -OCH3 is 1. The molecule has 4 aromatic rings. The highest BCUT2D eigenvalue weighted by Gasteiger charge is 2.33. The number of hydrogen-bond acceptors (Lipinski definition) is 5. The maximum atomic E-state index is 13.1. The molecule has 192 valence electrons. The smallest absolute Gasteiger partial charge is 0.339 e. The van der Waals surface area contributed by atoms with Crippen LogP contribution in [0.4, 0.5) is 0 Å². The molecule has 0 N–H and O–H groups in total. The number of rotatable bonds is 5. The maximum absolute atomic E-state index is 13.1. The average Bonchev–Trinajstić information content (AvgIpc) is 3.29. The lowest BCUT2D eigenvalue weighted by Crippen LogP contribution is -2.29. The number of hydrogen-bond donors (Lipinski definition) is 0. The Morgan fingerprint density at radius 1 is 1.14 bits per heavy atom. The van der Waals surface area contributed by atoms with Crippen LogP contribution in [0.1, 0.15) is 50.0 Å². The van der Waals surface area contributed by atoms with Gasteiger partial charge in [0.2, 0.25) is 0 Å². The van der Waals surface area contributed by atoms with Crippen molar-refractivity contribution in [2.75, 3.05) is 13.7 Å². The standard InChI is InChI=1S/C30H31ClN2O4/c1-18-16-33-17-23(19-8-6-10-22(31)15-19)32-28(33)26(21-11-12-24-20(14-21)9-7-13-36-24)25(18)27(29(34)35-5)37-30(2,3)4/h6,8,10-12,14-17,27H,7,9,13H2,1-5H3. The quantitative estimate of drug-likeness (QED) is 0.266. The van der Waals surface area contributed by atoms with Crippen molar-refractivity contribution >= 4 is 23.2 Å². The van der Waals surface area contributed by atoms with E-state index in [1.54, 1.807) is 0 Å². The fraction of sp³-hybridized carbons (Fsp3) is 0.333. The minimum atomic E-state index is -0.927. The predicted octanol–water partition coefficient (Wildman–Crippen LogP) is 6.98. The summed E-state index contributed by atoms with van der Waals surface area (Å²) in [4.78, 5) is 18.2. The number of fused-ring (bicyclic) bond motifs is 2. The first-order valence-electron chi connectivity index (χ1n) is 12.4. The first kappa shape index (κ1) is 25.3. The molecule has 0 bridgehead atoms. The summed E-state index contributed by atoms with van der Waals surface area (Å²) in [6, 6.07) is 13.8. The van der Waals surface area contributed by atoms with Gasteiger partial charge in [-0.1, -0.05) is 29.8 Å². The van der Waals surface area contributed by atoms with E-state index in [4.69, 9.17) is 30.8 Å². The summed E-state index contributed by atoms with van der Waals surface area (Å²) in [5, 5.41) is 0.644. The number of ether oxygens (including phenoxy) is 3. The van der Waals surface area contributed by atoms with Crippen molar-refractivity contribution < 1.29 is 19.0 Å². The van der Waals surface area contributed by atoms with Crippen LogP contribution in [0.25, 0.3) is 28.0 Å². The van der Waals surface area contributed by atoms with Gasteiger partial charge in [-0.3, -0.25) is 0 Å². The molecule has 0 saturated heterocycles. The van der Waals surface area contributed by atoms with Crippen LogP contribution in [-0.4, -0.2) is 34.7 Å². The molecule has 6 nitrogen and oxygen atoms in total. The van der Waals surface area contributed by atoms with E-state index in [9.17, 15) is 4.79 Å². The summed E-state index contributed by atoms with van der Waals surface area (Å²) in [6.07, 6.45) is 4.94. The largest absolute Gasteiger partial charge is 0.493 e. The molecular weight excluding hydrogens is 488 g/mol. The topological polar surface area (TPSA) is 62.1 Å². The predicted molar refractivity (Wildman–Crippen MR) is 145 cm³/mol. The molecule has 37 heavy (non-hydrogen) atoms.